The van der Waals surface area contributed by atoms with Gasteiger partial charge in [0.2, 0.25) is 0 Å². The van der Waals surface area contributed by atoms with Gasteiger partial charge in [-0.05, 0) is 31.7 Å². The predicted molar refractivity (Wildman–Crippen MR) is 122 cm³/mol. The van der Waals surface area contributed by atoms with Crippen LogP contribution < -0.4 is 10.6 Å². The van der Waals surface area contributed by atoms with Gasteiger partial charge >= 0.3 is 0 Å². The van der Waals surface area contributed by atoms with Crippen LogP contribution >= 0.6 is 35.3 Å². The van der Waals surface area contributed by atoms with Crippen LogP contribution in [0.2, 0.25) is 0 Å². The van der Waals surface area contributed by atoms with E-state index in [0.717, 1.165) is 50.3 Å². The lowest BCUT2D eigenvalue weighted by Crippen LogP contribution is -2.39. The summed E-state index contributed by atoms with van der Waals surface area (Å²) in [7, 11) is 1.96. The van der Waals surface area contributed by atoms with Crippen LogP contribution in [-0.4, -0.2) is 47.0 Å². The first kappa shape index (κ1) is 23.8. The normalized spacial score (nSPS) is 12.5. The van der Waals surface area contributed by atoms with E-state index >= 15 is 0 Å². The van der Waals surface area contributed by atoms with Crippen molar-refractivity contribution in [2.75, 3.05) is 26.3 Å². The molecule has 0 aliphatic carbocycles. The Labute approximate surface area is 183 Å². The summed E-state index contributed by atoms with van der Waals surface area (Å²) in [4.78, 5) is 6.05. The predicted octanol–water partition coefficient (Wildman–Crippen LogP) is 3.07. The first-order chi connectivity index (χ1) is 12.6. The Bertz CT molecular complexity index is 673. The molecule has 2 rings (SSSR count). The van der Waals surface area contributed by atoms with Gasteiger partial charge in [-0.3, -0.25) is 0 Å². The van der Waals surface area contributed by atoms with E-state index in [1.165, 1.54) is 4.88 Å². The quantitative estimate of drug-likeness (QED) is 0.224. The fourth-order valence-electron chi connectivity index (χ4n) is 2.36. The highest BCUT2D eigenvalue weighted by Gasteiger charge is 2.09. The molecule has 27 heavy (non-hydrogen) atoms. The molecule has 0 aliphatic heterocycles. The number of guanidine groups is 1. The number of nitrogens with one attached hydrogen (secondary N) is 2. The van der Waals surface area contributed by atoms with Crippen LogP contribution in [0.1, 0.15) is 42.7 Å². The Balaban J connectivity index is 0.00000364. The van der Waals surface area contributed by atoms with Crippen LogP contribution in [-0.2, 0) is 18.3 Å². The molecular weight excluding hydrogens is 475 g/mol. The fourth-order valence-corrected chi connectivity index (χ4v) is 3.15. The molecule has 0 aliphatic rings. The molecule has 152 valence electrons. The van der Waals surface area contributed by atoms with Crippen LogP contribution in [0.15, 0.2) is 22.5 Å². The topological polar surface area (TPSA) is 76.4 Å². The van der Waals surface area contributed by atoms with Crippen molar-refractivity contribution in [2.45, 2.75) is 39.7 Å². The van der Waals surface area contributed by atoms with Crippen molar-refractivity contribution < 1.29 is 4.74 Å². The van der Waals surface area contributed by atoms with Crippen molar-refractivity contribution >= 4 is 41.3 Å². The Kier molecular flexibility index (Phi) is 11.5. The Hall–Kier alpha value is -1.20. The maximum Gasteiger partial charge on any atom is 0.191 e. The van der Waals surface area contributed by atoms with Gasteiger partial charge in [-0.1, -0.05) is 13.0 Å². The summed E-state index contributed by atoms with van der Waals surface area (Å²) in [5.74, 6) is 2.97. The van der Waals surface area contributed by atoms with Crippen molar-refractivity contribution in [1.29, 1.82) is 0 Å². The molecule has 0 radical (unpaired) electrons. The summed E-state index contributed by atoms with van der Waals surface area (Å²) in [5, 5.41) is 17.2. The van der Waals surface area contributed by atoms with Gasteiger partial charge in [0, 0.05) is 44.1 Å². The van der Waals surface area contributed by atoms with E-state index in [4.69, 9.17) is 4.74 Å². The third-order valence-corrected chi connectivity index (χ3v) is 5.23. The SMILES string of the molecule is CCOCCCNC(=NCc1nnc(C)n1C)NCC(C)c1cccs1.I. The maximum absolute atomic E-state index is 5.39. The summed E-state index contributed by atoms with van der Waals surface area (Å²) < 4.78 is 7.35. The third kappa shape index (κ3) is 8.14. The minimum Gasteiger partial charge on any atom is -0.382 e. The second kappa shape index (κ2) is 13.1. The van der Waals surface area contributed by atoms with Gasteiger partial charge in [0.1, 0.15) is 12.4 Å². The molecule has 0 amide bonds. The lowest BCUT2D eigenvalue weighted by atomic mass is 10.1. The summed E-state index contributed by atoms with van der Waals surface area (Å²) in [5.41, 5.74) is 0. The number of aliphatic imine (C=N–C) groups is 1. The average molecular weight is 506 g/mol. The molecule has 9 heteroatoms. The molecule has 2 aromatic rings. The molecule has 2 heterocycles. The largest absolute Gasteiger partial charge is 0.382 e. The minimum absolute atomic E-state index is 0. The number of halogens is 1. The van der Waals surface area contributed by atoms with E-state index in [9.17, 15) is 0 Å². The van der Waals surface area contributed by atoms with E-state index < -0.39 is 0 Å². The summed E-state index contributed by atoms with van der Waals surface area (Å²) in [6, 6.07) is 4.26. The standard InChI is InChI=1S/C18H30N6OS.HI/c1-5-25-10-7-9-19-18(20-12-14(2)16-8-6-11-26-16)21-13-17-23-22-15(3)24(17)4;/h6,8,11,14H,5,7,9-10,12-13H2,1-4H3,(H2,19,20,21);1H. The van der Waals surface area contributed by atoms with Crippen molar-refractivity contribution in [3.63, 3.8) is 0 Å². The lowest BCUT2D eigenvalue weighted by Gasteiger charge is -2.16. The van der Waals surface area contributed by atoms with Crippen LogP contribution in [0.5, 0.6) is 0 Å². The monoisotopic (exact) mass is 506 g/mol. The molecule has 2 aromatic heterocycles. The second-order valence-corrected chi connectivity index (χ2v) is 7.14. The number of aryl methyl sites for hydroxylation is 1. The molecule has 1 atom stereocenters. The van der Waals surface area contributed by atoms with E-state index in [-0.39, 0.29) is 24.0 Å². The van der Waals surface area contributed by atoms with E-state index in [0.29, 0.717) is 12.5 Å². The van der Waals surface area contributed by atoms with Crippen LogP contribution in [0.3, 0.4) is 0 Å². The van der Waals surface area contributed by atoms with Gasteiger partial charge < -0.3 is 19.9 Å². The molecule has 2 N–H and O–H groups in total. The first-order valence-corrected chi connectivity index (χ1v) is 9.98. The van der Waals surface area contributed by atoms with E-state index in [1.807, 2.05) is 25.5 Å². The van der Waals surface area contributed by atoms with Crippen molar-refractivity contribution in [3.8, 4) is 0 Å². The summed E-state index contributed by atoms with van der Waals surface area (Å²) >= 11 is 1.79. The molecule has 0 bridgehead atoms. The highest BCUT2D eigenvalue weighted by molar-refractivity contribution is 14.0. The van der Waals surface area contributed by atoms with Gasteiger partial charge in [-0.25, -0.2) is 4.99 Å². The number of hydrogen-bond donors (Lipinski definition) is 2. The van der Waals surface area contributed by atoms with E-state index in [1.54, 1.807) is 11.3 Å². The van der Waals surface area contributed by atoms with Crippen molar-refractivity contribution in [2.24, 2.45) is 12.0 Å². The molecule has 0 aromatic carbocycles. The van der Waals surface area contributed by atoms with Gasteiger partial charge in [-0.2, -0.15) is 0 Å². The zero-order chi connectivity index (χ0) is 18.8. The van der Waals surface area contributed by atoms with Crippen LogP contribution in [0.25, 0.3) is 0 Å². The molecule has 0 saturated carbocycles. The van der Waals surface area contributed by atoms with Crippen molar-refractivity contribution in [1.82, 2.24) is 25.4 Å². The molecule has 7 nitrogen and oxygen atoms in total. The summed E-state index contributed by atoms with van der Waals surface area (Å²) in [6.07, 6.45) is 0.943. The second-order valence-electron chi connectivity index (χ2n) is 6.16. The number of ether oxygens (including phenoxy) is 1. The smallest absolute Gasteiger partial charge is 0.191 e. The highest BCUT2D eigenvalue weighted by Crippen LogP contribution is 2.19. The van der Waals surface area contributed by atoms with Gasteiger partial charge in [-0.15, -0.1) is 45.5 Å². The number of aromatic nitrogens is 3. The first-order valence-electron chi connectivity index (χ1n) is 9.10. The zero-order valence-electron chi connectivity index (χ0n) is 16.6. The number of nitrogens with zero attached hydrogens (tertiary/aromatic N) is 4. The molecule has 0 saturated heterocycles. The van der Waals surface area contributed by atoms with Gasteiger partial charge in [0.15, 0.2) is 11.8 Å². The van der Waals surface area contributed by atoms with Crippen LogP contribution in [0.4, 0.5) is 0 Å². The Morgan fingerprint density at radius 2 is 2.19 bits per heavy atom. The zero-order valence-corrected chi connectivity index (χ0v) is 19.7. The maximum atomic E-state index is 5.39. The Morgan fingerprint density at radius 1 is 1.37 bits per heavy atom. The number of rotatable bonds is 10. The molecular formula is C18H31IN6OS. The van der Waals surface area contributed by atoms with Crippen molar-refractivity contribution in [3.05, 3.63) is 34.0 Å². The average Bonchev–Trinajstić information content (AvgIpc) is 3.28. The minimum atomic E-state index is 0. The van der Waals surface area contributed by atoms with Gasteiger partial charge in [0.25, 0.3) is 0 Å². The molecule has 0 spiro atoms. The number of thiophene rings is 1. The lowest BCUT2D eigenvalue weighted by molar-refractivity contribution is 0.145. The third-order valence-electron chi connectivity index (χ3n) is 4.13. The fraction of sp³-hybridized carbons (Fsp3) is 0.611. The van der Waals surface area contributed by atoms with Gasteiger partial charge in [0.05, 0.1) is 0 Å². The molecule has 0 fully saturated rings. The highest BCUT2D eigenvalue weighted by atomic mass is 127. The molecule has 1 unspecified atom stereocenters. The summed E-state index contributed by atoms with van der Waals surface area (Å²) in [6.45, 7) is 9.81. The van der Waals surface area contributed by atoms with Crippen LogP contribution in [0, 0.1) is 6.92 Å². The Morgan fingerprint density at radius 3 is 2.81 bits per heavy atom. The number of hydrogen-bond acceptors (Lipinski definition) is 5. The van der Waals surface area contributed by atoms with E-state index in [2.05, 4.69) is 50.3 Å².